The van der Waals surface area contributed by atoms with Crippen LogP contribution in [0.5, 0.6) is 11.5 Å². The molecule has 0 aliphatic heterocycles. The van der Waals surface area contributed by atoms with Crippen molar-refractivity contribution in [2.45, 2.75) is 32.4 Å². The van der Waals surface area contributed by atoms with Gasteiger partial charge >= 0.3 is 12.1 Å². The Balaban J connectivity index is 1.45. The Hall–Kier alpha value is -5.24. The summed E-state index contributed by atoms with van der Waals surface area (Å²) in [5, 5.41) is 2.67. The standard InChI is InChI=1S/C34H31NO7/c1-23(36)13-14-24-15-20-29(30(21-24)40-2)42-33(38)28-18-16-27(17-19-28)32(37)31(26-11-7-4-8-12-26)35-34(39)41-22-25-9-5-3-6-10-25/h3-12,15-21,31H,13-14,22H2,1-2H3,(H,35,39). The lowest BCUT2D eigenvalue weighted by atomic mass is 9.97. The van der Waals surface area contributed by atoms with Crippen molar-refractivity contribution >= 4 is 23.6 Å². The second-order valence-corrected chi connectivity index (χ2v) is 9.57. The lowest BCUT2D eigenvalue weighted by molar-refractivity contribution is -0.116. The zero-order valence-electron chi connectivity index (χ0n) is 23.4. The van der Waals surface area contributed by atoms with Crippen LogP contribution in [0.1, 0.15) is 56.8 Å². The predicted octanol–water partition coefficient (Wildman–Crippen LogP) is 6.29. The summed E-state index contributed by atoms with van der Waals surface area (Å²) in [6, 6.07) is 28.2. The number of hydrogen-bond acceptors (Lipinski definition) is 7. The number of Topliss-reactive ketones (excluding diaryl/α,β-unsaturated/α-hetero) is 2. The maximum atomic E-state index is 13.5. The van der Waals surface area contributed by atoms with Crippen molar-refractivity contribution in [2.75, 3.05) is 7.11 Å². The van der Waals surface area contributed by atoms with Gasteiger partial charge in [0.25, 0.3) is 0 Å². The quantitative estimate of drug-likeness (QED) is 0.122. The lowest BCUT2D eigenvalue weighted by Crippen LogP contribution is -2.34. The number of hydrogen-bond donors (Lipinski definition) is 1. The van der Waals surface area contributed by atoms with Crippen LogP contribution in [0.2, 0.25) is 0 Å². The van der Waals surface area contributed by atoms with Crippen molar-refractivity contribution in [1.29, 1.82) is 0 Å². The van der Waals surface area contributed by atoms with Crippen LogP contribution >= 0.6 is 0 Å². The zero-order chi connectivity index (χ0) is 29.9. The topological polar surface area (TPSA) is 108 Å². The molecular weight excluding hydrogens is 534 g/mol. The Morgan fingerprint density at radius 2 is 1.38 bits per heavy atom. The molecule has 4 aromatic carbocycles. The lowest BCUT2D eigenvalue weighted by Gasteiger charge is -2.18. The molecule has 0 saturated carbocycles. The van der Waals surface area contributed by atoms with E-state index in [2.05, 4.69) is 5.32 Å². The number of ketones is 2. The van der Waals surface area contributed by atoms with E-state index in [1.807, 2.05) is 36.4 Å². The van der Waals surface area contributed by atoms with Crippen molar-refractivity contribution in [3.8, 4) is 11.5 Å². The molecule has 0 fully saturated rings. The third kappa shape index (κ3) is 8.14. The van der Waals surface area contributed by atoms with Crippen LogP contribution in [0.25, 0.3) is 0 Å². The summed E-state index contributed by atoms with van der Waals surface area (Å²) in [6.07, 6.45) is 0.226. The number of esters is 1. The van der Waals surface area contributed by atoms with Crippen molar-refractivity contribution in [3.63, 3.8) is 0 Å². The van der Waals surface area contributed by atoms with E-state index >= 15 is 0 Å². The van der Waals surface area contributed by atoms with Gasteiger partial charge in [-0.15, -0.1) is 0 Å². The fraction of sp³-hybridized carbons (Fsp3) is 0.176. The number of alkyl carbamates (subject to hydrolysis) is 1. The van der Waals surface area contributed by atoms with E-state index < -0.39 is 18.1 Å². The molecule has 0 heterocycles. The largest absolute Gasteiger partial charge is 0.493 e. The number of methoxy groups -OCH3 is 1. The Labute approximate surface area is 244 Å². The van der Waals surface area contributed by atoms with E-state index in [4.69, 9.17) is 14.2 Å². The van der Waals surface area contributed by atoms with E-state index in [1.165, 1.54) is 38.3 Å². The predicted molar refractivity (Wildman–Crippen MR) is 157 cm³/mol. The van der Waals surface area contributed by atoms with Crippen molar-refractivity contribution in [1.82, 2.24) is 5.32 Å². The number of amides is 1. The molecular formula is C34H31NO7. The first-order valence-electron chi connectivity index (χ1n) is 13.4. The first-order valence-corrected chi connectivity index (χ1v) is 13.4. The molecule has 8 heteroatoms. The van der Waals surface area contributed by atoms with E-state index in [-0.39, 0.29) is 35.0 Å². The molecule has 0 saturated heterocycles. The van der Waals surface area contributed by atoms with Gasteiger partial charge in [-0.05, 0) is 54.3 Å². The zero-order valence-corrected chi connectivity index (χ0v) is 23.4. The van der Waals surface area contributed by atoms with Gasteiger partial charge in [0.15, 0.2) is 17.3 Å². The average molecular weight is 566 g/mol. The van der Waals surface area contributed by atoms with Crippen LogP contribution in [0.4, 0.5) is 4.79 Å². The highest BCUT2D eigenvalue weighted by Gasteiger charge is 2.25. The number of aryl methyl sites for hydroxylation is 1. The van der Waals surface area contributed by atoms with Gasteiger partial charge in [0.05, 0.1) is 12.7 Å². The fourth-order valence-electron chi connectivity index (χ4n) is 4.20. The highest BCUT2D eigenvalue weighted by Crippen LogP contribution is 2.29. The van der Waals surface area contributed by atoms with E-state index in [1.54, 1.807) is 42.5 Å². The molecule has 0 bridgehead atoms. The maximum absolute atomic E-state index is 13.5. The van der Waals surface area contributed by atoms with Gasteiger partial charge in [0.2, 0.25) is 0 Å². The number of carbonyl (C=O) groups excluding carboxylic acids is 4. The highest BCUT2D eigenvalue weighted by atomic mass is 16.6. The second-order valence-electron chi connectivity index (χ2n) is 9.57. The average Bonchev–Trinajstić information content (AvgIpc) is 3.02. The van der Waals surface area contributed by atoms with Crippen LogP contribution < -0.4 is 14.8 Å². The number of carbonyl (C=O) groups is 4. The summed E-state index contributed by atoms with van der Waals surface area (Å²) < 4.78 is 16.3. The summed E-state index contributed by atoms with van der Waals surface area (Å²) in [5.74, 6) is -0.324. The Kier molecular flexibility index (Phi) is 10.2. The molecule has 0 aliphatic rings. The minimum atomic E-state index is -1.00. The van der Waals surface area contributed by atoms with Gasteiger partial charge in [-0.1, -0.05) is 78.9 Å². The number of ether oxygens (including phenoxy) is 3. The van der Waals surface area contributed by atoms with Crippen molar-refractivity contribution < 1.29 is 33.4 Å². The number of nitrogens with one attached hydrogen (secondary N) is 1. The van der Waals surface area contributed by atoms with E-state index in [9.17, 15) is 19.2 Å². The molecule has 4 rings (SSSR count). The van der Waals surface area contributed by atoms with Gasteiger partial charge in [0.1, 0.15) is 18.4 Å². The van der Waals surface area contributed by atoms with Crippen LogP contribution in [0.15, 0.2) is 103 Å². The highest BCUT2D eigenvalue weighted by molar-refractivity contribution is 6.03. The van der Waals surface area contributed by atoms with Crippen LogP contribution in [-0.2, 0) is 22.6 Å². The number of rotatable bonds is 12. The minimum Gasteiger partial charge on any atom is -0.493 e. The molecule has 0 radical (unpaired) electrons. The molecule has 214 valence electrons. The third-order valence-electron chi connectivity index (χ3n) is 6.47. The molecule has 4 aromatic rings. The van der Waals surface area contributed by atoms with E-state index in [0.29, 0.717) is 24.2 Å². The van der Waals surface area contributed by atoms with Gasteiger partial charge in [0, 0.05) is 12.0 Å². The monoisotopic (exact) mass is 565 g/mol. The van der Waals surface area contributed by atoms with Crippen LogP contribution in [-0.4, -0.2) is 30.7 Å². The van der Waals surface area contributed by atoms with Gasteiger partial charge in [-0.2, -0.15) is 0 Å². The summed E-state index contributed by atoms with van der Waals surface area (Å²) in [7, 11) is 1.47. The van der Waals surface area contributed by atoms with Crippen LogP contribution in [0.3, 0.4) is 0 Å². The van der Waals surface area contributed by atoms with Crippen LogP contribution in [0, 0.1) is 0 Å². The molecule has 1 N–H and O–H groups in total. The first-order chi connectivity index (χ1) is 20.3. The van der Waals surface area contributed by atoms with Gasteiger partial charge in [-0.25, -0.2) is 9.59 Å². The molecule has 1 atom stereocenters. The minimum absolute atomic E-state index is 0.0606. The number of benzene rings is 4. The first kappa shape index (κ1) is 29.7. The molecule has 1 amide bonds. The fourth-order valence-corrected chi connectivity index (χ4v) is 4.20. The maximum Gasteiger partial charge on any atom is 0.408 e. The second kappa shape index (κ2) is 14.4. The molecule has 1 unspecified atom stereocenters. The summed E-state index contributed by atoms with van der Waals surface area (Å²) in [5.41, 5.74) is 2.80. The molecule has 0 aromatic heterocycles. The summed E-state index contributed by atoms with van der Waals surface area (Å²) in [4.78, 5) is 50.3. The van der Waals surface area contributed by atoms with Gasteiger partial charge in [-0.3, -0.25) is 4.79 Å². The van der Waals surface area contributed by atoms with Crippen molar-refractivity contribution in [2.24, 2.45) is 0 Å². The van der Waals surface area contributed by atoms with E-state index in [0.717, 1.165) is 11.1 Å². The molecule has 8 nitrogen and oxygen atoms in total. The van der Waals surface area contributed by atoms with Gasteiger partial charge < -0.3 is 24.3 Å². The summed E-state index contributed by atoms with van der Waals surface area (Å²) >= 11 is 0. The molecule has 42 heavy (non-hydrogen) atoms. The Bertz CT molecular complexity index is 1530. The normalized spacial score (nSPS) is 11.2. The molecule has 0 aliphatic carbocycles. The Morgan fingerprint density at radius 1 is 0.738 bits per heavy atom. The smallest absolute Gasteiger partial charge is 0.408 e. The SMILES string of the molecule is COc1cc(CCC(C)=O)ccc1OC(=O)c1ccc(C(=O)C(NC(=O)OCc2ccccc2)c2ccccc2)cc1. The Morgan fingerprint density at radius 3 is 2.02 bits per heavy atom. The summed E-state index contributed by atoms with van der Waals surface area (Å²) in [6.45, 7) is 1.59. The third-order valence-corrected chi connectivity index (χ3v) is 6.47. The van der Waals surface area contributed by atoms with Crippen molar-refractivity contribution in [3.05, 3.63) is 131 Å². The molecule has 0 spiro atoms.